The van der Waals surface area contributed by atoms with Crippen molar-refractivity contribution in [1.29, 1.82) is 0 Å². The third kappa shape index (κ3) is 3.01. The van der Waals surface area contributed by atoms with Crippen LogP contribution in [0.25, 0.3) is 50.0 Å². The van der Waals surface area contributed by atoms with Crippen LogP contribution in [0.2, 0.25) is 0 Å². The Balaban J connectivity index is 1.69. The third-order valence-corrected chi connectivity index (χ3v) is 5.80. The van der Waals surface area contributed by atoms with E-state index in [1.54, 1.807) is 0 Å². The van der Waals surface area contributed by atoms with Crippen LogP contribution in [0.3, 0.4) is 0 Å². The van der Waals surface area contributed by atoms with Crippen LogP contribution in [0, 0.1) is 0 Å². The fourth-order valence-electron chi connectivity index (χ4n) is 4.35. The lowest BCUT2D eigenvalue weighted by atomic mass is 10.0. The molecule has 4 aromatic carbocycles. The van der Waals surface area contributed by atoms with Gasteiger partial charge in [-0.2, -0.15) is 0 Å². The molecule has 0 N–H and O–H groups in total. The second kappa shape index (κ2) is 7.26. The third-order valence-electron chi connectivity index (χ3n) is 5.80. The minimum atomic E-state index is 0.928. The molecular weight excluding hydrogens is 376 g/mol. The molecule has 0 fully saturated rings. The van der Waals surface area contributed by atoms with Gasteiger partial charge in [-0.25, -0.2) is 4.98 Å². The van der Waals surface area contributed by atoms with Crippen molar-refractivity contribution in [3.05, 3.63) is 121 Å². The fourth-order valence-corrected chi connectivity index (χ4v) is 4.35. The first kappa shape index (κ1) is 17.7. The smallest absolute Gasteiger partial charge is 0.138 e. The molecule has 146 valence electrons. The fraction of sp³-hybridized carbons (Fsp3) is 0. The van der Waals surface area contributed by atoms with E-state index in [1.807, 2.05) is 6.07 Å². The molecular formula is C29H20N2. The molecule has 2 nitrogen and oxygen atoms in total. The molecule has 0 amide bonds. The van der Waals surface area contributed by atoms with E-state index in [9.17, 15) is 0 Å². The number of hydrogen-bond donors (Lipinski definition) is 0. The molecule has 31 heavy (non-hydrogen) atoms. The van der Waals surface area contributed by atoms with Gasteiger partial charge >= 0.3 is 0 Å². The molecule has 0 atom stereocenters. The van der Waals surface area contributed by atoms with Gasteiger partial charge in [-0.1, -0.05) is 97.1 Å². The molecule has 2 heteroatoms. The Hall–Kier alpha value is -4.17. The highest BCUT2D eigenvalue weighted by Crippen LogP contribution is 2.34. The van der Waals surface area contributed by atoms with Crippen molar-refractivity contribution in [2.45, 2.75) is 0 Å². The number of fused-ring (bicyclic) bond motifs is 3. The summed E-state index contributed by atoms with van der Waals surface area (Å²) in [6.45, 7) is 0. The summed E-state index contributed by atoms with van der Waals surface area (Å²) in [5.74, 6) is 0.928. The van der Waals surface area contributed by atoms with Crippen LogP contribution in [0.1, 0.15) is 0 Å². The molecule has 0 aliphatic carbocycles. The van der Waals surface area contributed by atoms with Gasteiger partial charge in [0.1, 0.15) is 5.82 Å². The van der Waals surface area contributed by atoms with Crippen LogP contribution in [-0.4, -0.2) is 9.55 Å². The second-order valence-electron chi connectivity index (χ2n) is 7.70. The number of hydrogen-bond acceptors (Lipinski definition) is 1. The predicted octanol–water partition coefficient (Wildman–Crippen LogP) is 7.51. The number of para-hydroxylation sites is 2. The molecule has 0 saturated carbocycles. The molecule has 0 aliphatic rings. The standard InChI is InChI=1S/C29H20N2/c1-3-11-21(12-4-1)23-19-26(22-13-5-2-6-14-22)30-29(20-23)31-27-17-9-7-15-24(27)25-16-8-10-18-28(25)31/h1-20H. The first-order valence-corrected chi connectivity index (χ1v) is 10.5. The predicted molar refractivity (Wildman–Crippen MR) is 129 cm³/mol. The molecule has 0 saturated heterocycles. The highest BCUT2D eigenvalue weighted by atomic mass is 15.1. The maximum atomic E-state index is 5.13. The van der Waals surface area contributed by atoms with Crippen LogP contribution in [0.4, 0.5) is 0 Å². The lowest BCUT2D eigenvalue weighted by molar-refractivity contribution is 1.08. The van der Waals surface area contributed by atoms with Gasteiger partial charge in [0.2, 0.25) is 0 Å². The van der Waals surface area contributed by atoms with Gasteiger partial charge in [-0.05, 0) is 35.4 Å². The summed E-state index contributed by atoms with van der Waals surface area (Å²) in [4.78, 5) is 5.13. The molecule has 0 spiro atoms. The molecule has 6 rings (SSSR count). The zero-order chi connectivity index (χ0) is 20.6. The monoisotopic (exact) mass is 396 g/mol. The van der Waals surface area contributed by atoms with Gasteiger partial charge in [0.05, 0.1) is 16.7 Å². The molecule has 0 bridgehead atoms. The first-order chi connectivity index (χ1) is 15.4. The van der Waals surface area contributed by atoms with E-state index in [2.05, 4.69) is 120 Å². The van der Waals surface area contributed by atoms with Crippen LogP contribution in [0.5, 0.6) is 0 Å². The van der Waals surface area contributed by atoms with Gasteiger partial charge in [0.25, 0.3) is 0 Å². The van der Waals surface area contributed by atoms with Crippen molar-refractivity contribution < 1.29 is 0 Å². The maximum absolute atomic E-state index is 5.13. The minimum absolute atomic E-state index is 0.928. The van der Waals surface area contributed by atoms with E-state index >= 15 is 0 Å². The van der Waals surface area contributed by atoms with E-state index in [0.717, 1.165) is 22.6 Å². The molecule has 0 aliphatic heterocycles. The Bertz CT molecular complexity index is 1400. The van der Waals surface area contributed by atoms with Gasteiger partial charge in [0, 0.05) is 16.3 Å². The molecule has 2 heterocycles. The van der Waals surface area contributed by atoms with Crippen LogP contribution >= 0.6 is 0 Å². The van der Waals surface area contributed by atoms with E-state index in [4.69, 9.17) is 4.98 Å². The van der Waals surface area contributed by atoms with Crippen molar-refractivity contribution >= 4 is 21.8 Å². The minimum Gasteiger partial charge on any atom is -0.294 e. The number of nitrogens with zero attached hydrogens (tertiary/aromatic N) is 2. The molecule has 0 radical (unpaired) electrons. The van der Waals surface area contributed by atoms with Crippen LogP contribution < -0.4 is 0 Å². The SMILES string of the molecule is c1ccc(-c2cc(-c3ccccc3)nc(-n3c4ccccc4c4ccccc43)c2)cc1. The number of pyridine rings is 1. The second-order valence-corrected chi connectivity index (χ2v) is 7.70. The zero-order valence-corrected chi connectivity index (χ0v) is 16.9. The van der Waals surface area contributed by atoms with Gasteiger partial charge in [-0.3, -0.25) is 4.57 Å². The maximum Gasteiger partial charge on any atom is 0.138 e. The number of aromatic nitrogens is 2. The Morgan fingerprint density at radius 1 is 0.452 bits per heavy atom. The Labute approximate surface area is 181 Å². The largest absolute Gasteiger partial charge is 0.294 e. The van der Waals surface area contributed by atoms with E-state index < -0.39 is 0 Å². The normalized spacial score (nSPS) is 11.2. The van der Waals surface area contributed by atoms with Crippen molar-refractivity contribution in [2.75, 3.05) is 0 Å². The summed E-state index contributed by atoms with van der Waals surface area (Å²) in [6, 6.07) is 42.4. The number of rotatable bonds is 3. The zero-order valence-electron chi connectivity index (χ0n) is 16.9. The lowest BCUT2D eigenvalue weighted by Crippen LogP contribution is -2.00. The summed E-state index contributed by atoms with van der Waals surface area (Å²) in [7, 11) is 0. The highest BCUT2D eigenvalue weighted by Gasteiger charge is 2.14. The van der Waals surface area contributed by atoms with E-state index in [1.165, 1.54) is 27.4 Å². The van der Waals surface area contributed by atoms with Crippen LogP contribution in [0.15, 0.2) is 121 Å². The molecule has 2 aromatic heterocycles. The van der Waals surface area contributed by atoms with Crippen molar-refractivity contribution in [3.63, 3.8) is 0 Å². The molecule has 0 unspecified atom stereocenters. The van der Waals surface area contributed by atoms with Crippen LogP contribution in [-0.2, 0) is 0 Å². The lowest BCUT2D eigenvalue weighted by Gasteiger charge is -2.13. The average Bonchev–Trinajstić information content (AvgIpc) is 3.19. The summed E-state index contributed by atoms with van der Waals surface area (Å²) < 4.78 is 2.28. The Morgan fingerprint density at radius 2 is 0.968 bits per heavy atom. The van der Waals surface area contributed by atoms with E-state index in [0.29, 0.717) is 0 Å². The van der Waals surface area contributed by atoms with Crippen molar-refractivity contribution in [3.8, 4) is 28.2 Å². The van der Waals surface area contributed by atoms with Gasteiger partial charge < -0.3 is 0 Å². The average molecular weight is 396 g/mol. The van der Waals surface area contributed by atoms with Crippen molar-refractivity contribution in [1.82, 2.24) is 9.55 Å². The van der Waals surface area contributed by atoms with E-state index in [-0.39, 0.29) is 0 Å². The summed E-state index contributed by atoms with van der Waals surface area (Å²) in [5, 5.41) is 2.48. The quantitative estimate of drug-likeness (QED) is 0.303. The summed E-state index contributed by atoms with van der Waals surface area (Å²) in [6.07, 6.45) is 0. The van der Waals surface area contributed by atoms with Gasteiger partial charge in [0.15, 0.2) is 0 Å². The van der Waals surface area contributed by atoms with Gasteiger partial charge in [-0.15, -0.1) is 0 Å². The van der Waals surface area contributed by atoms with Crippen molar-refractivity contribution in [2.24, 2.45) is 0 Å². The Kier molecular flexibility index (Phi) is 4.14. The summed E-state index contributed by atoms with van der Waals surface area (Å²) >= 11 is 0. The summed E-state index contributed by atoms with van der Waals surface area (Å²) in [5.41, 5.74) is 6.76. The first-order valence-electron chi connectivity index (χ1n) is 10.5. The Morgan fingerprint density at radius 3 is 1.58 bits per heavy atom. The topological polar surface area (TPSA) is 17.8 Å². The number of benzene rings is 4. The molecule has 6 aromatic rings. The highest BCUT2D eigenvalue weighted by molar-refractivity contribution is 6.09.